The summed E-state index contributed by atoms with van der Waals surface area (Å²) < 4.78 is 0. The van der Waals surface area contributed by atoms with Crippen molar-refractivity contribution in [3.05, 3.63) is 30.1 Å². The van der Waals surface area contributed by atoms with Gasteiger partial charge in [-0.25, -0.2) is 5.43 Å². The molecule has 0 aromatic carbocycles. The Morgan fingerprint density at radius 3 is 2.92 bits per heavy atom. The molecule has 0 bridgehead atoms. The minimum absolute atomic E-state index is 0.0618. The normalized spacial score (nSPS) is 10.2. The average Bonchev–Trinajstić information content (AvgIpc) is 2.19. The molecule has 5 nitrogen and oxygen atoms in total. The Morgan fingerprint density at radius 2 is 2.31 bits per heavy atom. The quantitative estimate of drug-likeness (QED) is 0.483. The van der Waals surface area contributed by atoms with E-state index in [4.69, 9.17) is 5.73 Å². The lowest BCUT2D eigenvalue weighted by Gasteiger charge is -1.93. The van der Waals surface area contributed by atoms with Crippen molar-refractivity contribution >= 4 is 12.1 Å². The maximum absolute atomic E-state index is 10.6. The predicted molar refractivity (Wildman–Crippen MR) is 49.0 cm³/mol. The molecule has 0 unspecified atom stereocenters. The first kappa shape index (κ1) is 9.34. The molecule has 1 rings (SSSR count). The molecule has 0 saturated carbocycles. The number of hydrogen-bond acceptors (Lipinski definition) is 4. The number of hydrogen-bond donors (Lipinski definition) is 2. The van der Waals surface area contributed by atoms with Gasteiger partial charge in [0, 0.05) is 12.4 Å². The fraction of sp³-hybridized carbons (Fsp3) is 0.125. The molecule has 1 aromatic rings. The minimum Gasteiger partial charge on any atom is -0.322 e. The van der Waals surface area contributed by atoms with Gasteiger partial charge in [0.25, 0.3) is 5.91 Å². The average molecular weight is 178 g/mol. The third-order valence-electron chi connectivity index (χ3n) is 1.29. The molecule has 0 aliphatic heterocycles. The lowest BCUT2D eigenvalue weighted by atomic mass is 10.3. The Bertz CT molecular complexity index is 296. The molecule has 0 radical (unpaired) electrons. The highest BCUT2D eigenvalue weighted by Crippen LogP contribution is 1.89. The van der Waals surface area contributed by atoms with Crippen molar-refractivity contribution in [1.29, 1.82) is 0 Å². The Balaban J connectivity index is 2.45. The van der Waals surface area contributed by atoms with Crippen molar-refractivity contribution in [2.45, 2.75) is 0 Å². The molecule has 0 saturated heterocycles. The summed E-state index contributed by atoms with van der Waals surface area (Å²) in [5, 5.41) is 3.68. The van der Waals surface area contributed by atoms with Crippen molar-refractivity contribution < 1.29 is 4.79 Å². The van der Waals surface area contributed by atoms with Crippen LogP contribution in [0, 0.1) is 0 Å². The van der Waals surface area contributed by atoms with Crippen LogP contribution in [0.3, 0.4) is 0 Å². The van der Waals surface area contributed by atoms with Gasteiger partial charge in [-0.15, -0.1) is 0 Å². The summed E-state index contributed by atoms with van der Waals surface area (Å²) in [6, 6.07) is 3.55. The van der Waals surface area contributed by atoms with Gasteiger partial charge in [-0.2, -0.15) is 5.10 Å². The summed E-state index contributed by atoms with van der Waals surface area (Å²) in [5.41, 5.74) is 8.19. The first-order valence-electron chi connectivity index (χ1n) is 3.75. The SMILES string of the molecule is NCC(=O)N/N=C/c1ccncc1. The predicted octanol–water partition coefficient (Wildman–Crippen LogP) is -0.510. The minimum atomic E-state index is -0.315. The van der Waals surface area contributed by atoms with E-state index in [1.165, 1.54) is 6.21 Å². The molecular formula is C8H10N4O. The molecule has 0 aliphatic carbocycles. The zero-order valence-corrected chi connectivity index (χ0v) is 6.97. The fourth-order valence-corrected chi connectivity index (χ4v) is 0.674. The van der Waals surface area contributed by atoms with Crippen LogP contribution in [-0.2, 0) is 4.79 Å². The van der Waals surface area contributed by atoms with Gasteiger partial charge in [-0.1, -0.05) is 0 Å². The van der Waals surface area contributed by atoms with Gasteiger partial charge in [0.05, 0.1) is 12.8 Å². The molecule has 0 aliphatic rings. The summed E-state index contributed by atoms with van der Waals surface area (Å²) in [6.45, 7) is -0.0618. The second-order valence-electron chi connectivity index (χ2n) is 2.28. The van der Waals surface area contributed by atoms with Crippen molar-refractivity contribution in [3.8, 4) is 0 Å². The lowest BCUT2D eigenvalue weighted by molar-refractivity contribution is -0.119. The summed E-state index contributed by atoms with van der Waals surface area (Å²) in [7, 11) is 0. The molecular weight excluding hydrogens is 168 g/mol. The summed E-state index contributed by atoms with van der Waals surface area (Å²) in [4.78, 5) is 14.5. The number of carbonyl (C=O) groups is 1. The smallest absolute Gasteiger partial charge is 0.253 e. The molecule has 68 valence electrons. The van der Waals surface area contributed by atoms with E-state index in [1.807, 2.05) is 0 Å². The summed E-state index contributed by atoms with van der Waals surface area (Å²) in [6.07, 6.45) is 4.81. The molecule has 1 aromatic heterocycles. The van der Waals surface area contributed by atoms with E-state index in [2.05, 4.69) is 15.5 Å². The van der Waals surface area contributed by atoms with Crippen LogP contribution >= 0.6 is 0 Å². The Labute approximate surface area is 75.7 Å². The van der Waals surface area contributed by atoms with Gasteiger partial charge in [0.2, 0.25) is 0 Å². The molecule has 3 N–H and O–H groups in total. The maximum atomic E-state index is 10.6. The third kappa shape index (κ3) is 3.44. The first-order chi connectivity index (χ1) is 6.33. The van der Waals surface area contributed by atoms with E-state index in [0.29, 0.717) is 0 Å². The highest BCUT2D eigenvalue weighted by atomic mass is 16.2. The number of aromatic nitrogens is 1. The number of carbonyl (C=O) groups excluding carboxylic acids is 1. The molecule has 1 amide bonds. The lowest BCUT2D eigenvalue weighted by Crippen LogP contribution is -2.26. The van der Waals surface area contributed by atoms with E-state index in [-0.39, 0.29) is 12.5 Å². The Morgan fingerprint density at radius 1 is 1.62 bits per heavy atom. The zero-order chi connectivity index (χ0) is 9.52. The van der Waals surface area contributed by atoms with Gasteiger partial charge in [0.15, 0.2) is 0 Å². The van der Waals surface area contributed by atoms with Crippen LogP contribution in [0.15, 0.2) is 29.6 Å². The van der Waals surface area contributed by atoms with Crippen LogP contribution in [-0.4, -0.2) is 23.7 Å². The number of nitrogens with two attached hydrogens (primary N) is 1. The monoisotopic (exact) mass is 178 g/mol. The molecule has 0 atom stereocenters. The van der Waals surface area contributed by atoms with Crippen LogP contribution in [0.2, 0.25) is 0 Å². The van der Waals surface area contributed by atoms with E-state index >= 15 is 0 Å². The fourth-order valence-electron chi connectivity index (χ4n) is 0.674. The highest BCUT2D eigenvalue weighted by Gasteiger charge is 1.91. The number of nitrogens with one attached hydrogen (secondary N) is 1. The molecule has 5 heteroatoms. The Hall–Kier alpha value is -1.75. The van der Waals surface area contributed by atoms with Crippen molar-refractivity contribution in [2.24, 2.45) is 10.8 Å². The first-order valence-corrected chi connectivity index (χ1v) is 3.75. The van der Waals surface area contributed by atoms with Crippen LogP contribution in [0.25, 0.3) is 0 Å². The van der Waals surface area contributed by atoms with Crippen LogP contribution < -0.4 is 11.2 Å². The van der Waals surface area contributed by atoms with E-state index in [9.17, 15) is 4.79 Å². The van der Waals surface area contributed by atoms with Gasteiger partial charge >= 0.3 is 0 Å². The van der Waals surface area contributed by atoms with E-state index < -0.39 is 0 Å². The van der Waals surface area contributed by atoms with Crippen LogP contribution in [0.4, 0.5) is 0 Å². The van der Waals surface area contributed by atoms with Crippen molar-refractivity contribution in [2.75, 3.05) is 6.54 Å². The molecule has 13 heavy (non-hydrogen) atoms. The summed E-state index contributed by atoms with van der Waals surface area (Å²) in [5.74, 6) is -0.315. The van der Waals surface area contributed by atoms with Gasteiger partial charge in [-0.05, 0) is 17.7 Å². The van der Waals surface area contributed by atoms with E-state index in [0.717, 1.165) is 5.56 Å². The summed E-state index contributed by atoms with van der Waals surface area (Å²) >= 11 is 0. The maximum Gasteiger partial charge on any atom is 0.253 e. The Kier molecular flexibility index (Phi) is 3.59. The number of nitrogens with zero attached hydrogens (tertiary/aromatic N) is 2. The molecule has 0 spiro atoms. The van der Waals surface area contributed by atoms with Crippen molar-refractivity contribution in [1.82, 2.24) is 10.4 Å². The second-order valence-corrected chi connectivity index (χ2v) is 2.28. The van der Waals surface area contributed by atoms with E-state index in [1.54, 1.807) is 24.5 Å². The number of hydrazone groups is 1. The number of pyridine rings is 1. The number of rotatable bonds is 3. The van der Waals surface area contributed by atoms with Gasteiger partial charge in [-0.3, -0.25) is 9.78 Å². The van der Waals surface area contributed by atoms with Crippen molar-refractivity contribution in [3.63, 3.8) is 0 Å². The molecule has 0 fully saturated rings. The third-order valence-corrected chi connectivity index (χ3v) is 1.29. The van der Waals surface area contributed by atoms with Gasteiger partial charge in [0.1, 0.15) is 0 Å². The topological polar surface area (TPSA) is 80.4 Å². The highest BCUT2D eigenvalue weighted by molar-refractivity contribution is 5.82. The molecule has 1 heterocycles. The van der Waals surface area contributed by atoms with Crippen LogP contribution in [0.5, 0.6) is 0 Å². The second kappa shape index (κ2) is 5.00. The number of amides is 1. The van der Waals surface area contributed by atoms with Crippen LogP contribution in [0.1, 0.15) is 5.56 Å². The largest absolute Gasteiger partial charge is 0.322 e. The van der Waals surface area contributed by atoms with Gasteiger partial charge < -0.3 is 5.73 Å². The standard InChI is InChI=1S/C8H10N4O/c9-5-8(13)12-11-6-7-1-3-10-4-2-7/h1-4,6H,5,9H2,(H,12,13)/b11-6+. The zero-order valence-electron chi connectivity index (χ0n) is 6.97.